The molecular weight excluding hydrogens is 258 g/mol. The molecule has 1 heterocycles. The number of benzene rings is 1. The van der Waals surface area contributed by atoms with Gasteiger partial charge in [0, 0.05) is 45.0 Å². The highest BCUT2D eigenvalue weighted by Crippen LogP contribution is 2.17. The normalized spacial score (nSPS) is 17.2. The molecule has 1 aliphatic heterocycles. The average Bonchev–Trinajstić information content (AvgIpc) is 2.47. The van der Waals surface area contributed by atoms with E-state index in [4.69, 9.17) is 0 Å². The van der Waals surface area contributed by atoms with Gasteiger partial charge in [0.2, 0.25) is 0 Å². The first-order chi connectivity index (χ1) is 9.98. The van der Waals surface area contributed by atoms with Gasteiger partial charge in [0.15, 0.2) is 0 Å². The number of nitrogens with zero attached hydrogens (tertiary/aromatic N) is 2. The van der Waals surface area contributed by atoms with Crippen LogP contribution in [0.5, 0.6) is 0 Å². The molecule has 0 saturated carbocycles. The van der Waals surface area contributed by atoms with Crippen LogP contribution in [0.15, 0.2) is 24.3 Å². The Kier molecular flexibility index (Phi) is 5.65. The second-order valence-electron chi connectivity index (χ2n) is 7.25. The fourth-order valence-electron chi connectivity index (χ4n) is 2.73. The molecule has 3 nitrogen and oxygen atoms in total. The quantitative estimate of drug-likeness (QED) is 0.899. The second kappa shape index (κ2) is 7.28. The Morgan fingerprint density at radius 2 is 1.62 bits per heavy atom. The van der Waals surface area contributed by atoms with Gasteiger partial charge in [-0.3, -0.25) is 0 Å². The van der Waals surface area contributed by atoms with Gasteiger partial charge >= 0.3 is 0 Å². The standard InChI is InChI=1S/C18H31N3/c1-5-20-10-12-21(13-11-20)17-8-6-16(7-9-17)14-19-15-18(2,3)4/h6-9,19H,5,10-15H2,1-4H3. The van der Waals surface area contributed by atoms with Gasteiger partial charge in [-0.15, -0.1) is 0 Å². The molecule has 1 fully saturated rings. The van der Waals surface area contributed by atoms with Crippen molar-refractivity contribution in [2.45, 2.75) is 34.2 Å². The minimum atomic E-state index is 0.346. The molecule has 21 heavy (non-hydrogen) atoms. The minimum absolute atomic E-state index is 0.346. The molecule has 0 radical (unpaired) electrons. The summed E-state index contributed by atoms with van der Waals surface area (Å²) >= 11 is 0. The molecule has 0 atom stereocenters. The molecule has 0 aromatic heterocycles. The van der Waals surface area contributed by atoms with E-state index in [-0.39, 0.29) is 0 Å². The molecule has 1 aromatic carbocycles. The van der Waals surface area contributed by atoms with Gasteiger partial charge in [-0.05, 0) is 29.7 Å². The second-order valence-corrected chi connectivity index (χ2v) is 7.25. The molecule has 2 rings (SSSR count). The summed E-state index contributed by atoms with van der Waals surface area (Å²) in [6, 6.07) is 9.07. The lowest BCUT2D eigenvalue weighted by atomic mass is 9.97. The SMILES string of the molecule is CCN1CCN(c2ccc(CNCC(C)(C)C)cc2)CC1. The molecule has 0 bridgehead atoms. The maximum Gasteiger partial charge on any atom is 0.0367 e. The Morgan fingerprint density at radius 1 is 1.00 bits per heavy atom. The highest BCUT2D eigenvalue weighted by atomic mass is 15.3. The summed E-state index contributed by atoms with van der Waals surface area (Å²) in [7, 11) is 0. The van der Waals surface area contributed by atoms with Crippen LogP contribution in [0.4, 0.5) is 5.69 Å². The summed E-state index contributed by atoms with van der Waals surface area (Å²) in [5, 5.41) is 3.53. The van der Waals surface area contributed by atoms with Crippen molar-refractivity contribution in [1.29, 1.82) is 0 Å². The van der Waals surface area contributed by atoms with Crippen molar-refractivity contribution in [3.05, 3.63) is 29.8 Å². The number of anilines is 1. The van der Waals surface area contributed by atoms with Crippen LogP contribution in [0.3, 0.4) is 0 Å². The van der Waals surface area contributed by atoms with Crippen LogP contribution in [0.1, 0.15) is 33.3 Å². The zero-order chi connectivity index (χ0) is 15.3. The molecule has 0 amide bonds. The van der Waals surface area contributed by atoms with Crippen molar-refractivity contribution in [3.63, 3.8) is 0 Å². The highest BCUT2D eigenvalue weighted by Gasteiger charge is 2.15. The van der Waals surface area contributed by atoms with Gasteiger partial charge in [0.05, 0.1) is 0 Å². The zero-order valence-electron chi connectivity index (χ0n) is 14.2. The fourth-order valence-corrected chi connectivity index (χ4v) is 2.73. The Bertz CT molecular complexity index is 411. The monoisotopic (exact) mass is 289 g/mol. The molecule has 0 unspecified atom stereocenters. The smallest absolute Gasteiger partial charge is 0.0367 e. The first-order valence-corrected chi connectivity index (χ1v) is 8.25. The lowest BCUT2D eigenvalue weighted by molar-refractivity contribution is 0.271. The number of nitrogens with one attached hydrogen (secondary N) is 1. The van der Waals surface area contributed by atoms with Gasteiger partial charge in [-0.25, -0.2) is 0 Å². The van der Waals surface area contributed by atoms with E-state index in [2.05, 4.69) is 67.1 Å². The summed E-state index contributed by atoms with van der Waals surface area (Å²) in [6.07, 6.45) is 0. The van der Waals surface area contributed by atoms with E-state index in [9.17, 15) is 0 Å². The van der Waals surface area contributed by atoms with Crippen molar-refractivity contribution in [1.82, 2.24) is 10.2 Å². The first-order valence-electron chi connectivity index (χ1n) is 8.25. The molecule has 0 aliphatic carbocycles. The molecular formula is C18H31N3. The van der Waals surface area contributed by atoms with E-state index >= 15 is 0 Å². The van der Waals surface area contributed by atoms with Crippen molar-refractivity contribution < 1.29 is 0 Å². The van der Waals surface area contributed by atoms with E-state index in [0.29, 0.717) is 5.41 Å². The van der Waals surface area contributed by atoms with Crippen LogP contribution >= 0.6 is 0 Å². The van der Waals surface area contributed by atoms with Crippen LogP contribution in [-0.4, -0.2) is 44.2 Å². The van der Waals surface area contributed by atoms with Gasteiger partial charge in [0.25, 0.3) is 0 Å². The molecule has 1 N–H and O–H groups in total. The minimum Gasteiger partial charge on any atom is -0.369 e. The van der Waals surface area contributed by atoms with E-state index < -0.39 is 0 Å². The molecule has 0 spiro atoms. The maximum atomic E-state index is 3.53. The van der Waals surface area contributed by atoms with Gasteiger partial charge in [-0.1, -0.05) is 39.8 Å². The van der Waals surface area contributed by atoms with Crippen molar-refractivity contribution in [2.75, 3.05) is 44.2 Å². The maximum absolute atomic E-state index is 3.53. The predicted octanol–water partition coefficient (Wildman–Crippen LogP) is 2.96. The largest absolute Gasteiger partial charge is 0.369 e. The summed E-state index contributed by atoms with van der Waals surface area (Å²) in [5.74, 6) is 0. The van der Waals surface area contributed by atoms with Crippen molar-refractivity contribution >= 4 is 5.69 Å². The third-order valence-electron chi connectivity index (χ3n) is 4.11. The van der Waals surface area contributed by atoms with E-state index in [1.54, 1.807) is 0 Å². The summed E-state index contributed by atoms with van der Waals surface area (Å²) < 4.78 is 0. The fraction of sp³-hybridized carbons (Fsp3) is 0.667. The van der Waals surface area contributed by atoms with Crippen LogP contribution < -0.4 is 10.2 Å². The lowest BCUT2D eigenvalue weighted by Gasteiger charge is -2.35. The highest BCUT2D eigenvalue weighted by molar-refractivity contribution is 5.48. The Morgan fingerprint density at radius 3 is 2.14 bits per heavy atom. The number of hydrogen-bond acceptors (Lipinski definition) is 3. The summed E-state index contributed by atoms with van der Waals surface area (Å²) in [6.45, 7) is 16.9. The average molecular weight is 289 g/mol. The van der Waals surface area contributed by atoms with Crippen LogP contribution in [0, 0.1) is 5.41 Å². The summed E-state index contributed by atoms with van der Waals surface area (Å²) in [4.78, 5) is 5.01. The third kappa shape index (κ3) is 5.33. The Labute approximate surface area is 130 Å². The van der Waals surface area contributed by atoms with E-state index in [0.717, 1.165) is 26.2 Å². The van der Waals surface area contributed by atoms with Crippen molar-refractivity contribution in [2.24, 2.45) is 5.41 Å². The summed E-state index contributed by atoms with van der Waals surface area (Å²) in [5.41, 5.74) is 3.08. The third-order valence-corrected chi connectivity index (χ3v) is 4.11. The zero-order valence-corrected chi connectivity index (χ0v) is 14.2. The van der Waals surface area contributed by atoms with Gasteiger partial charge in [-0.2, -0.15) is 0 Å². The first kappa shape index (κ1) is 16.3. The Balaban J connectivity index is 1.82. The molecule has 1 aliphatic rings. The van der Waals surface area contributed by atoms with Crippen LogP contribution in [0.25, 0.3) is 0 Å². The number of rotatable bonds is 5. The number of piperazine rings is 1. The van der Waals surface area contributed by atoms with Crippen molar-refractivity contribution in [3.8, 4) is 0 Å². The van der Waals surface area contributed by atoms with Gasteiger partial charge in [0.1, 0.15) is 0 Å². The molecule has 1 saturated heterocycles. The van der Waals surface area contributed by atoms with E-state index in [1.165, 1.54) is 30.9 Å². The number of hydrogen-bond donors (Lipinski definition) is 1. The Hall–Kier alpha value is -1.06. The van der Waals surface area contributed by atoms with Gasteiger partial charge < -0.3 is 15.1 Å². The molecule has 1 aromatic rings. The predicted molar refractivity (Wildman–Crippen MR) is 91.9 cm³/mol. The number of likely N-dealkylation sites (N-methyl/N-ethyl adjacent to an activating group) is 1. The van der Waals surface area contributed by atoms with Crippen LogP contribution in [-0.2, 0) is 6.54 Å². The topological polar surface area (TPSA) is 18.5 Å². The molecule has 3 heteroatoms. The van der Waals surface area contributed by atoms with Crippen LogP contribution in [0.2, 0.25) is 0 Å². The lowest BCUT2D eigenvalue weighted by Crippen LogP contribution is -2.46. The van der Waals surface area contributed by atoms with E-state index in [1.807, 2.05) is 0 Å². The molecule has 118 valence electrons.